The van der Waals surface area contributed by atoms with Gasteiger partial charge in [-0.05, 0) is 49.2 Å². The average molecular weight is 295 g/mol. The number of aryl methyl sites for hydroxylation is 2. The van der Waals surface area contributed by atoms with Crippen LogP contribution in [0.3, 0.4) is 0 Å². The van der Waals surface area contributed by atoms with Gasteiger partial charge in [0.2, 0.25) is 0 Å². The van der Waals surface area contributed by atoms with Crippen molar-refractivity contribution in [3.05, 3.63) is 59.4 Å². The number of rotatable bonds is 2. The van der Waals surface area contributed by atoms with Gasteiger partial charge in [-0.3, -0.25) is 9.78 Å². The molecule has 0 aliphatic carbocycles. The topological polar surface area (TPSA) is 36.4 Å². The Balaban J connectivity index is 1.65. The van der Waals surface area contributed by atoms with Gasteiger partial charge in [0.05, 0.1) is 0 Å². The van der Waals surface area contributed by atoms with Crippen molar-refractivity contribution in [2.45, 2.75) is 13.8 Å². The third-order valence-corrected chi connectivity index (χ3v) is 4.07. The van der Waals surface area contributed by atoms with Crippen LogP contribution >= 0.6 is 0 Å². The third kappa shape index (κ3) is 3.11. The van der Waals surface area contributed by atoms with Crippen molar-refractivity contribution in [3.63, 3.8) is 0 Å². The molecule has 4 nitrogen and oxygen atoms in total. The fourth-order valence-electron chi connectivity index (χ4n) is 2.81. The summed E-state index contributed by atoms with van der Waals surface area (Å²) in [6, 6.07) is 12.3. The zero-order valence-electron chi connectivity index (χ0n) is 13.1. The predicted molar refractivity (Wildman–Crippen MR) is 88.3 cm³/mol. The Labute approximate surface area is 131 Å². The first-order valence-electron chi connectivity index (χ1n) is 7.67. The summed E-state index contributed by atoms with van der Waals surface area (Å²) in [5.74, 6) is 0.0348. The van der Waals surface area contributed by atoms with Gasteiger partial charge in [-0.1, -0.05) is 12.1 Å². The lowest BCUT2D eigenvalue weighted by atomic mass is 10.2. The van der Waals surface area contributed by atoms with Gasteiger partial charge in [-0.15, -0.1) is 0 Å². The molecule has 1 aromatic heterocycles. The van der Waals surface area contributed by atoms with Crippen molar-refractivity contribution in [2.24, 2.45) is 0 Å². The summed E-state index contributed by atoms with van der Waals surface area (Å²) in [7, 11) is 0. The molecule has 0 spiro atoms. The van der Waals surface area contributed by atoms with E-state index < -0.39 is 0 Å². The minimum Gasteiger partial charge on any atom is -0.368 e. The van der Waals surface area contributed by atoms with Gasteiger partial charge in [0.25, 0.3) is 5.91 Å². The highest BCUT2D eigenvalue weighted by atomic mass is 16.2. The maximum absolute atomic E-state index is 12.5. The van der Waals surface area contributed by atoms with E-state index in [4.69, 9.17) is 0 Å². The van der Waals surface area contributed by atoms with Crippen LogP contribution in [0, 0.1) is 13.8 Å². The third-order valence-electron chi connectivity index (χ3n) is 4.07. The average Bonchev–Trinajstić information content (AvgIpc) is 2.54. The van der Waals surface area contributed by atoms with Crippen molar-refractivity contribution in [3.8, 4) is 0 Å². The van der Waals surface area contributed by atoms with Crippen LogP contribution in [0.2, 0.25) is 0 Å². The lowest BCUT2D eigenvalue weighted by Crippen LogP contribution is -2.49. The molecule has 2 aromatic rings. The smallest absolute Gasteiger partial charge is 0.272 e. The lowest BCUT2D eigenvalue weighted by molar-refractivity contribution is 0.0741. The minimum absolute atomic E-state index is 0.0348. The normalized spacial score (nSPS) is 15.0. The molecule has 1 aliphatic heterocycles. The Morgan fingerprint density at radius 3 is 2.41 bits per heavy atom. The summed E-state index contributed by atoms with van der Waals surface area (Å²) in [5, 5.41) is 0. The molecule has 1 aromatic carbocycles. The second-order valence-electron chi connectivity index (χ2n) is 5.84. The van der Waals surface area contributed by atoms with E-state index in [-0.39, 0.29) is 5.91 Å². The molecular weight excluding hydrogens is 274 g/mol. The molecule has 3 rings (SSSR count). The maximum atomic E-state index is 12.5. The molecule has 1 aliphatic rings. The highest BCUT2D eigenvalue weighted by Crippen LogP contribution is 2.18. The van der Waals surface area contributed by atoms with Crippen molar-refractivity contribution in [2.75, 3.05) is 31.1 Å². The molecule has 4 heteroatoms. The summed E-state index contributed by atoms with van der Waals surface area (Å²) in [6.07, 6.45) is 1.70. The summed E-state index contributed by atoms with van der Waals surface area (Å²) in [5.41, 5.74) is 4.11. The van der Waals surface area contributed by atoms with Gasteiger partial charge < -0.3 is 9.80 Å². The SMILES string of the molecule is Cc1cccc(N2CCN(C(=O)c3cc(C)ccn3)CC2)c1. The molecule has 0 saturated carbocycles. The first-order valence-corrected chi connectivity index (χ1v) is 7.67. The number of carbonyl (C=O) groups is 1. The van der Waals surface area contributed by atoms with E-state index in [2.05, 4.69) is 41.1 Å². The van der Waals surface area contributed by atoms with E-state index >= 15 is 0 Å². The van der Waals surface area contributed by atoms with Gasteiger partial charge in [-0.25, -0.2) is 0 Å². The van der Waals surface area contributed by atoms with Crippen LogP contribution in [0.1, 0.15) is 21.6 Å². The Kier molecular flexibility index (Phi) is 4.09. The van der Waals surface area contributed by atoms with E-state index in [1.165, 1.54) is 11.3 Å². The zero-order chi connectivity index (χ0) is 15.5. The van der Waals surface area contributed by atoms with Crippen molar-refractivity contribution in [1.82, 2.24) is 9.88 Å². The quantitative estimate of drug-likeness (QED) is 0.854. The number of hydrogen-bond acceptors (Lipinski definition) is 3. The van der Waals surface area contributed by atoms with E-state index in [1.54, 1.807) is 6.20 Å². The summed E-state index contributed by atoms with van der Waals surface area (Å²) in [6.45, 7) is 7.29. The lowest BCUT2D eigenvalue weighted by Gasteiger charge is -2.36. The van der Waals surface area contributed by atoms with Crippen LogP contribution in [-0.4, -0.2) is 42.0 Å². The molecular formula is C18H21N3O. The minimum atomic E-state index is 0.0348. The van der Waals surface area contributed by atoms with Crippen LogP contribution in [-0.2, 0) is 0 Å². The highest BCUT2D eigenvalue weighted by Gasteiger charge is 2.23. The second-order valence-corrected chi connectivity index (χ2v) is 5.84. The van der Waals surface area contributed by atoms with E-state index in [9.17, 15) is 4.79 Å². The highest BCUT2D eigenvalue weighted by molar-refractivity contribution is 5.92. The van der Waals surface area contributed by atoms with Crippen LogP contribution in [0.4, 0.5) is 5.69 Å². The number of carbonyl (C=O) groups excluding carboxylic acids is 1. The van der Waals surface area contributed by atoms with Crippen molar-refractivity contribution < 1.29 is 4.79 Å². The molecule has 1 fully saturated rings. The van der Waals surface area contributed by atoms with Crippen LogP contribution < -0.4 is 4.90 Å². The van der Waals surface area contributed by atoms with Gasteiger partial charge in [0, 0.05) is 38.1 Å². The van der Waals surface area contributed by atoms with Crippen molar-refractivity contribution >= 4 is 11.6 Å². The standard InChI is InChI=1S/C18H21N3O/c1-14-4-3-5-16(12-14)20-8-10-21(11-9-20)18(22)17-13-15(2)6-7-19-17/h3-7,12-13H,8-11H2,1-2H3. The monoisotopic (exact) mass is 295 g/mol. The van der Waals surface area contributed by atoms with E-state index in [0.29, 0.717) is 5.69 Å². The zero-order valence-corrected chi connectivity index (χ0v) is 13.1. The molecule has 22 heavy (non-hydrogen) atoms. The van der Waals surface area contributed by atoms with E-state index in [1.807, 2.05) is 24.0 Å². The number of pyridine rings is 1. The molecule has 0 N–H and O–H groups in total. The van der Waals surface area contributed by atoms with Gasteiger partial charge in [0.1, 0.15) is 5.69 Å². The number of piperazine rings is 1. The summed E-state index contributed by atoms with van der Waals surface area (Å²) < 4.78 is 0. The Hall–Kier alpha value is -2.36. The molecule has 1 saturated heterocycles. The number of hydrogen-bond donors (Lipinski definition) is 0. The maximum Gasteiger partial charge on any atom is 0.272 e. The summed E-state index contributed by atoms with van der Waals surface area (Å²) in [4.78, 5) is 20.9. The molecule has 0 bridgehead atoms. The molecule has 0 radical (unpaired) electrons. The van der Waals surface area contributed by atoms with Crippen molar-refractivity contribution in [1.29, 1.82) is 0 Å². The predicted octanol–water partition coefficient (Wildman–Crippen LogP) is 2.66. The molecule has 0 unspecified atom stereocenters. The van der Waals surface area contributed by atoms with Gasteiger partial charge in [-0.2, -0.15) is 0 Å². The first kappa shape index (κ1) is 14.6. The molecule has 114 valence electrons. The van der Waals surface area contributed by atoms with Crippen LogP contribution in [0.25, 0.3) is 0 Å². The van der Waals surface area contributed by atoms with Gasteiger partial charge >= 0.3 is 0 Å². The fraction of sp³-hybridized carbons (Fsp3) is 0.333. The first-order chi connectivity index (χ1) is 10.6. The van der Waals surface area contributed by atoms with Gasteiger partial charge in [0.15, 0.2) is 0 Å². The number of anilines is 1. The number of amides is 1. The Morgan fingerprint density at radius 1 is 1.00 bits per heavy atom. The number of benzene rings is 1. The van der Waals surface area contributed by atoms with E-state index in [0.717, 1.165) is 31.7 Å². The molecule has 2 heterocycles. The van der Waals surface area contributed by atoms with Crippen LogP contribution in [0.15, 0.2) is 42.6 Å². The largest absolute Gasteiger partial charge is 0.368 e. The fourth-order valence-corrected chi connectivity index (χ4v) is 2.81. The van der Waals surface area contributed by atoms with Crippen LogP contribution in [0.5, 0.6) is 0 Å². The number of aromatic nitrogens is 1. The Morgan fingerprint density at radius 2 is 1.73 bits per heavy atom. The summed E-state index contributed by atoms with van der Waals surface area (Å²) >= 11 is 0. The molecule has 1 amide bonds. The second kappa shape index (κ2) is 6.18. The molecule has 0 atom stereocenters. The Bertz CT molecular complexity index is 676. The number of nitrogens with zero attached hydrogens (tertiary/aromatic N) is 3.